The Labute approximate surface area is 174 Å². The van der Waals surface area contributed by atoms with E-state index in [4.69, 9.17) is 4.74 Å². The van der Waals surface area contributed by atoms with Crippen LogP contribution in [0.5, 0.6) is 5.75 Å². The van der Waals surface area contributed by atoms with E-state index in [0.29, 0.717) is 12.5 Å². The summed E-state index contributed by atoms with van der Waals surface area (Å²) in [6.45, 7) is 3.69. The maximum Gasteiger partial charge on any atom is 0.191 e. The summed E-state index contributed by atoms with van der Waals surface area (Å²) < 4.78 is 8.26. The van der Waals surface area contributed by atoms with E-state index in [0.717, 1.165) is 40.5 Å². The lowest BCUT2D eigenvalue weighted by molar-refractivity contribution is 0.414. The Morgan fingerprint density at radius 1 is 1.18 bits per heavy atom. The van der Waals surface area contributed by atoms with Gasteiger partial charge in [0, 0.05) is 30.5 Å². The number of pyridine rings is 1. The predicted octanol–water partition coefficient (Wildman–Crippen LogP) is 3.96. The second-order valence-corrected chi connectivity index (χ2v) is 7.58. The molecule has 1 aromatic carbocycles. The van der Waals surface area contributed by atoms with Gasteiger partial charge in [-0.15, -0.1) is 0 Å². The van der Waals surface area contributed by atoms with E-state index in [1.165, 1.54) is 5.56 Å². The van der Waals surface area contributed by atoms with Crippen molar-refractivity contribution < 1.29 is 4.74 Å². The summed E-state index contributed by atoms with van der Waals surface area (Å²) in [6, 6.07) is 12.2. The van der Waals surface area contributed by atoms with E-state index >= 15 is 0 Å². The number of methoxy groups -OCH3 is 1. The normalized spacial score (nSPS) is 12.8. The number of imidazole rings is 1. The van der Waals surface area contributed by atoms with Gasteiger partial charge in [0.25, 0.3) is 0 Å². The molecule has 1 atom stereocenters. The number of nitrogens with zero attached hydrogens (tertiary/aromatic N) is 3. The number of hydrogen-bond donors (Lipinski definition) is 2. The molecule has 0 fully saturated rings. The molecule has 148 valence electrons. The zero-order chi connectivity index (χ0) is 19.9. The van der Waals surface area contributed by atoms with Gasteiger partial charge in [0.2, 0.25) is 0 Å². The van der Waals surface area contributed by atoms with E-state index in [1.807, 2.05) is 41.1 Å². The number of aliphatic imine (C=N–C) groups is 1. The standard InChI is InChI=1S/C21H26BrN5O/c1-15(16-4-7-19(28-3)8-5-16)10-11-24-21(23-2)25-12-18-14-27-13-17(22)6-9-20(27)26-18/h4-9,13-15H,10-12H2,1-3H3,(H2,23,24,25). The second kappa shape index (κ2) is 9.59. The number of aromatic nitrogens is 2. The summed E-state index contributed by atoms with van der Waals surface area (Å²) in [7, 11) is 3.47. The molecule has 0 aliphatic heterocycles. The molecule has 0 aliphatic carbocycles. The van der Waals surface area contributed by atoms with Crippen molar-refractivity contribution in [3.63, 3.8) is 0 Å². The van der Waals surface area contributed by atoms with Crippen LogP contribution in [0.4, 0.5) is 0 Å². The summed E-state index contributed by atoms with van der Waals surface area (Å²) >= 11 is 3.48. The first-order valence-corrected chi connectivity index (χ1v) is 10.1. The number of nitrogens with one attached hydrogen (secondary N) is 2. The van der Waals surface area contributed by atoms with Gasteiger partial charge in [-0.05, 0) is 58.1 Å². The highest BCUT2D eigenvalue weighted by Crippen LogP contribution is 2.21. The van der Waals surface area contributed by atoms with Crippen LogP contribution in [0.3, 0.4) is 0 Å². The monoisotopic (exact) mass is 443 g/mol. The zero-order valence-electron chi connectivity index (χ0n) is 16.4. The Balaban J connectivity index is 1.47. The van der Waals surface area contributed by atoms with Crippen molar-refractivity contribution in [2.24, 2.45) is 4.99 Å². The summed E-state index contributed by atoms with van der Waals surface area (Å²) in [6.07, 6.45) is 5.03. The summed E-state index contributed by atoms with van der Waals surface area (Å²) in [5.41, 5.74) is 3.20. The van der Waals surface area contributed by atoms with Gasteiger partial charge < -0.3 is 19.8 Å². The highest BCUT2D eigenvalue weighted by atomic mass is 79.9. The van der Waals surface area contributed by atoms with Crippen LogP contribution in [0.2, 0.25) is 0 Å². The zero-order valence-corrected chi connectivity index (χ0v) is 18.0. The fourth-order valence-corrected chi connectivity index (χ4v) is 3.36. The Morgan fingerprint density at radius 2 is 1.96 bits per heavy atom. The predicted molar refractivity (Wildman–Crippen MR) is 117 cm³/mol. The molecule has 2 aromatic heterocycles. The second-order valence-electron chi connectivity index (χ2n) is 6.66. The minimum atomic E-state index is 0.452. The number of benzene rings is 1. The number of hydrogen-bond acceptors (Lipinski definition) is 3. The van der Waals surface area contributed by atoms with Crippen LogP contribution in [0.25, 0.3) is 5.65 Å². The van der Waals surface area contributed by atoms with Crippen molar-refractivity contribution in [1.29, 1.82) is 0 Å². The molecule has 3 rings (SSSR count). The van der Waals surface area contributed by atoms with Crippen LogP contribution in [0.1, 0.15) is 30.5 Å². The third kappa shape index (κ3) is 5.25. The van der Waals surface area contributed by atoms with Gasteiger partial charge in [0.15, 0.2) is 5.96 Å². The Bertz CT molecular complexity index is 936. The van der Waals surface area contributed by atoms with Gasteiger partial charge in [-0.3, -0.25) is 4.99 Å². The molecule has 3 aromatic rings. The van der Waals surface area contributed by atoms with Crippen molar-refractivity contribution in [1.82, 2.24) is 20.0 Å². The molecule has 0 spiro atoms. The van der Waals surface area contributed by atoms with Crippen LogP contribution < -0.4 is 15.4 Å². The van der Waals surface area contributed by atoms with Crippen molar-refractivity contribution in [3.8, 4) is 5.75 Å². The molecule has 2 heterocycles. The summed E-state index contributed by atoms with van der Waals surface area (Å²) in [4.78, 5) is 8.91. The van der Waals surface area contributed by atoms with Crippen molar-refractivity contribution >= 4 is 27.5 Å². The highest BCUT2D eigenvalue weighted by molar-refractivity contribution is 9.10. The Morgan fingerprint density at radius 3 is 2.68 bits per heavy atom. The first kappa shape index (κ1) is 20.2. The molecule has 2 N–H and O–H groups in total. The van der Waals surface area contributed by atoms with E-state index < -0.39 is 0 Å². The van der Waals surface area contributed by atoms with Gasteiger partial charge in [0.1, 0.15) is 11.4 Å². The fourth-order valence-electron chi connectivity index (χ4n) is 3.00. The minimum absolute atomic E-state index is 0.452. The molecule has 7 heteroatoms. The van der Waals surface area contributed by atoms with Crippen molar-refractivity contribution in [2.45, 2.75) is 25.8 Å². The average molecular weight is 444 g/mol. The maximum atomic E-state index is 5.22. The third-order valence-corrected chi connectivity index (χ3v) is 5.15. The smallest absolute Gasteiger partial charge is 0.191 e. The molecule has 28 heavy (non-hydrogen) atoms. The van der Waals surface area contributed by atoms with Crippen LogP contribution in [0.15, 0.2) is 58.3 Å². The van der Waals surface area contributed by atoms with Crippen LogP contribution in [0, 0.1) is 0 Å². The van der Waals surface area contributed by atoms with Crippen molar-refractivity contribution in [2.75, 3.05) is 20.7 Å². The molecule has 0 radical (unpaired) electrons. The topological polar surface area (TPSA) is 63.0 Å². The fraction of sp³-hybridized carbons (Fsp3) is 0.333. The van der Waals surface area contributed by atoms with Gasteiger partial charge >= 0.3 is 0 Å². The Kier molecular flexibility index (Phi) is 6.92. The molecule has 0 bridgehead atoms. The molecule has 1 unspecified atom stereocenters. The molecule has 0 aliphatic rings. The number of fused-ring (bicyclic) bond motifs is 1. The highest BCUT2D eigenvalue weighted by Gasteiger charge is 2.07. The molecule has 0 amide bonds. The lowest BCUT2D eigenvalue weighted by Gasteiger charge is -2.15. The van der Waals surface area contributed by atoms with E-state index in [-0.39, 0.29) is 0 Å². The van der Waals surface area contributed by atoms with E-state index in [1.54, 1.807) is 14.2 Å². The van der Waals surface area contributed by atoms with E-state index in [2.05, 4.69) is 55.6 Å². The van der Waals surface area contributed by atoms with Gasteiger partial charge in [-0.25, -0.2) is 4.98 Å². The van der Waals surface area contributed by atoms with E-state index in [9.17, 15) is 0 Å². The molecular formula is C21H26BrN5O. The first-order chi connectivity index (χ1) is 13.6. The maximum absolute atomic E-state index is 5.22. The summed E-state index contributed by atoms with van der Waals surface area (Å²) in [5.74, 6) is 2.12. The minimum Gasteiger partial charge on any atom is -0.497 e. The largest absolute Gasteiger partial charge is 0.497 e. The van der Waals surface area contributed by atoms with Crippen LogP contribution >= 0.6 is 15.9 Å². The SMILES string of the molecule is CN=C(NCCC(C)c1ccc(OC)cc1)NCc1cn2cc(Br)ccc2n1. The van der Waals surface area contributed by atoms with Crippen LogP contribution in [-0.4, -0.2) is 36.0 Å². The average Bonchev–Trinajstić information content (AvgIpc) is 3.12. The molecule has 0 saturated heterocycles. The number of rotatable bonds is 7. The summed E-state index contributed by atoms with van der Waals surface area (Å²) in [5, 5.41) is 6.70. The molecular weight excluding hydrogens is 418 g/mol. The van der Waals surface area contributed by atoms with Crippen LogP contribution in [-0.2, 0) is 6.54 Å². The molecule has 6 nitrogen and oxygen atoms in total. The first-order valence-electron chi connectivity index (χ1n) is 9.30. The number of ether oxygens (including phenoxy) is 1. The third-order valence-electron chi connectivity index (χ3n) is 4.68. The van der Waals surface area contributed by atoms with Crippen molar-refractivity contribution in [3.05, 3.63) is 64.5 Å². The number of halogens is 1. The van der Waals surface area contributed by atoms with Gasteiger partial charge in [-0.1, -0.05) is 19.1 Å². The quantitative estimate of drug-likeness (QED) is 0.428. The molecule has 0 saturated carbocycles. The lowest BCUT2D eigenvalue weighted by atomic mass is 9.98. The van der Waals surface area contributed by atoms with Gasteiger partial charge in [0.05, 0.1) is 19.3 Å². The van der Waals surface area contributed by atoms with Gasteiger partial charge in [-0.2, -0.15) is 0 Å². The number of guanidine groups is 1. The Hall–Kier alpha value is -2.54. The lowest BCUT2D eigenvalue weighted by Crippen LogP contribution is -2.37.